The molecule has 0 heterocycles. The molecule has 0 aromatic heterocycles. The van der Waals surface area contributed by atoms with Crippen molar-refractivity contribution in [1.29, 1.82) is 0 Å². The molecular weight excluding hydrogens is 289 g/mol. The van der Waals surface area contributed by atoms with Crippen molar-refractivity contribution in [1.82, 2.24) is 0 Å². The van der Waals surface area contributed by atoms with Crippen LogP contribution in [-0.4, -0.2) is 14.2 Å². The third-order valence-corrected chi connectivity index (χ3v) is 5.28. The summed E-state index contributed by atoms with van der Waals surface area (Å²) in [4.78, 5) is -0.0400. The Kier molecular flexibility index (Phi) is 4.44. The lowest BCUT2D eigenvalue weighted by Gasteiger charge is -2.14. The summed E-state index contributed by atoms with van der Waals surface area (Å²) in [6.45, 7) is 3.93. The average Bonchev–Trinajstić information content (AvgIpc) is 2.41. The van der Waals surface area contributed by atoms with Gasteiger partial charge < -0.3 is 5.73 Å². The Labute approximate surface area is 124 Å². The molecule has 2 aromatic rings. The van der Waals surface area contributed by atoms with E-state index in [0.717, 1.165) is 22.8 Å². The van der Waals surface area contributed by atoms with E-state index in [1.54, 1.807) is 0 Å². The monoisotopic (exact) mass is 307 g/mol. The van der Waals surface area contributed by atoms with Crippen molar-refractivity contribution in [3.63, 3.8) is 0 Å². The highest BCUT2D eigenvalue weighted by molar-refractivity contribution is 7.91. The number of nitrogens with two attached hydrogens (primary N) is 1. The summed E-state index contributed by atoms with van der Waals surface area (Å²) in [7, 11) is -3.62. The molecule has 0 aliphatic heterocycles. The van der Waals surface area contributed by atoms with Crippen LogP contribution in [0.15, 0.2) is 47.4 Å². The van der Waals surface area contributed by atoms with Crippen LogP contribution in [0.5, 0.6) is 0 Å². The number of halogens is 1. The molecule has 112 valence electrons. The third kappa shape index (κ3) is 3.68. The van der Waals surface area contributed by atoms with Gasteiger partial charge in [-0.05, 0) is 48.7 Å². The van der Waals surface area contributed by atoms with Gasteiger partial charge in [-0.25, -0.2) is 12.8 Å². The number of benzene rings is 2. The van der Waals surface area contributed by atoms with Crippen molar-refractivity contribution < 1.29 is 12.8 Å². The maximum atomic E-state index is 13.2. The highest BCUT2D eigenvalue weighted by Gasteiger charge is 2.20. The molecule has 0 fully saturated rings. The van der Waals surface area contributed by atoms with Gasteiger partial charge in [-0.15, -0.1) is 0 Å². The first-order valence-corrected chi connectivity index (χ1v) is 8.26. The van der Waals surface area contributed by atoms with Crippen LogP contribution in [-0.2, 0) is 9.84 Å². The summed E-state index contributed by atoms with van der Waals surface area (Å²) in [5.74, 6) is -0.824. The molecule has 0 saturated carbocycles. The van der Waals surface area contributed by atoms with Gasteiger partial charge >= 0.3 is 0 Å². The normalized spacial score (nSPS) is 13.1. The minimum Gasteiger partial charge on any atom is -0.323 e. The van der Waals surface area contributed by atoms with E-state index >= 15 is 0 Å². The lowest BCUT2D eigenvalue weighted by Crippen LogP contribution is -2.22. The third-order valence-electron chi connectivity index (χ3n) is 3.51. The second kappa shape index (κ2) is 5.95. The minimum absolute atomic E-state index is 0.0400. The van der Waals surface area contributed by atoms with Crippen LogP contribution in [0, 0.1) is 19.7 Å². The van der Waals surface area contributed by atoms with Crippen LogP contribution < -0.4 is 5.73 Å². The van der Waals surface area contributed by atoms with Gasteiger partial charge in [0.2, 0.25) is 0 Å². The molecule has 0 radical (unpaired) electrons. The standard InChI is InChI=1S/C16H18FNO2S/c1-11-6-7-13(8-12(11)2)16(18)10-21(19,20)15-5-3-4-14(17)9-15/h3-9,16H,10,18H2,1-2H3. The molecule has 0 aliphatic carbocycles. The molecule has 0 bridgehead atoms. The fourth-order valence-corrected chi connectivity index (χ4v) is 3.52. The SMILES string of the molecule is Cc1ccc(C(N)CS(=O)(=O)c2cccc(F)c2)cc1C. The van der Waals surface area contributed by atoms with E-state index in [4.69, 9.17) is 5.73 Å². The summed E-state index contributed by atoms with van der Waals surface area (Å²) >= 11 is 0. The number of sulfone groups is 1. The van der Waals surface area contributed by atoms with Crippen molar-refractivity contribution in [2.75, 3.05) is 5.75 Å². The van der Waals surface area contributed by atoms with Gasteiger partial charge in [-0.1, -0.05) is 24.3 Å². The Morgan fingerprint density at radius 3 is 2.43 bits per heavy atom. The number of aryl methyl sites for hydroxylation is 2. The topological polar surface area (TPSA) is 60.2 Å². The first-order valence-electron chi connectivity index (χ1n) is 6.60. The number of hydrogen-bond acceptors (Lipinski definition) is 3. The molecule has 21 heavy (non-hydrogen) atoms. The molecule has 5 heteroatoms. The molecule has 0 spiro atoms. The molecule has 0 saturated heterocycles. The van der Waals surface area contributed by atoms with Crippen molar-refractivity contribution in [2.45, 2.75) is 24.8 Å². The summed E-state index contributed by atoms with van der Waals surface area (Å²) < 4.78 is 37.7. The molecular formula is C16H18FNO2S. The van der Waals surface area contributed by atoms with Crippen LogP contribution in [0.1, 0.15) is 22.7 Å². The van der Waals surface area contributed by atoms with Crippen LogP contribution in [0.3, 0.4) is 0 Å². The zero-order chi connectivity index (χ0) is 15.6. The highest BCUT2D eigenvalue weighted by Crippen LogP contribution is 2.20. The van der Waals surface area contributed by atoms with E-state index in [0.29, 0.717) is 0 Å². The Hall–Kier alpha value is -1.72. The van der Waals surface area contributed by atoms with Crippen LogP contribution in [0.4, 0.5) is 4.39 Å². The molecule has 0 amide bonds. The van der Waals surface area contributed by atoms with Crippen molar-refractivity contribution in [3.05, 3.63) is 65.0 Å². The van der Waals surface area contributed by atoms with E-state index in [-0.39, 0.29) is 10.6 Å². The zero-order valence-electron chi connectivity index (χ0n) is 12.0. The number of rotatable bonds is 4. The molecule has 1 atom stereocenters. The van der Waals surface area contributed by atoms with E-state index in [1.807, 2.05) is 32.0 Å². The average molecular weight is 307 g/mol. The fourth-order valence-electron chi connectivity index (χ4n) is 2.08. The van der Waals surface area contributed by atoms with Gasteiger partial charge in [0.1, 0.15) is 5.82 Å². The maximum absolute atomic E-state index is 13.2. The predicted molar refractivity (Wildman–Crippen MR) is 81.3 cm³/mol. The Balaban J connectivity index is 2.25. The lowest BCUT2D eigenvalue weighted by molar-refractivity contribution is 0.584. The number of hydrogen-bond donors (Lipinski definition) is 1. The van der Waals surface area contributed by atoms with Gasteiger partial charge in [0.05, 0.1) is 10.6 Å². The van der Waals surface area contributed by atoms with Crippen LogP contribution in [0.25, 0.3) is 0 Å². The van der Waals surface area contributed by atoms with Gasteiger partial charge in [0.15, 0.2) is 9.84 Å². The summed E-state index contributed by atoms with van der Waals surface area (Å²) in [6, 6.07) is 9.98. The second-order valence-corrected chi connectivity index (χ2v) is 7.22. The van der Waals surface area contributed by atoms with Crippen molar-refractivity contribution in [3.8, 4) is 0 Å². The van der Waals surface area contributed by atoms with Gasteiger partial charge in [-0.2, -0.15) is 0 Å². The molecule has 1 unspecified atom stereocenters. The molecule has 0 aliphatic rings. The summed E-state index contributed by atoms with van der Waals surface area (Å²) in [5.41, 5.74) is 8.95. The highest BCUT2D eigenvalue weighted by atomic mass is 32.2. The Bertz CT molecular complexity index is 757. The van der Waals surface area contributed by atoms with E-state index in [2.05, 4.69) is 0 Å². The molecule has 2 rings (SSSR count). The first-order chi connectivity index (χ1) is 9.79. The second-order valence-electron chi connectivity index (χ2n) is 5.19. The summed E-state index contributed by atoms with van der Waals surface area (Å²) in [6.07, 6.45) is 0. The van der Waals surface area contributed by atoms with Crippen LogP contribution in [0.2, 0.25) is 0 Å². The maximum Gasteiger partial charge on any atom is 0.180 e. The van der Waals surface area contributed by atoms with Gasteiger partial charge in [0, 0.05) is 6.04 Å². The minimum atomic E-state index is -3.62. The molecule has 3 nitrogen and oxygen atoms in total. The zero-order valence-corrected chi connectivity index (χ0v) is 12.8. The van der Waals surface area contributed by atoms with E-state index in [9.17, 15) is 12.8 Å². The van der Waals surface area contributed by atoms with Crippen molar-refractivity contribution in [2.24, 2.45) is 5.73 Å². The van der Waals surface area contributed by atoms with Crippen LogP contribution >= 0.6 is 0 Å². The van der Waals surface area contributed by atoms with E-state index in [1.165, 1.54) is 18.2 Å². The van der Waals surface area contributed by atoms with Gasteiger partial charge in [-0.3, -0.25) is 0 Å². The smallest absolute Gasteiger partial charge is 0.180 e. The quantitative estimate of drug-likeness (QED) is 0.944. The molecule has 2 N–H and O–H groups in total. The lowest BCUT2D eigenvalue weighted by atomic mass is 10.0. The van der Waals surface area contributed by atoms with Crippen molar-refractivity contribution >= 4 is 9.84 Å². The Morgan fingerprint density at radius 1 is 1.10 bits per heavy atom. The van der Waals surface area contributed by atoms with E-state index < -0.39 is 21.7 Å². The van der Waals surface area contributed by atoms with Gasteiger partial charge in [0.25, 0.3) is 0 Å². The first kappa shape index (κ1) is 15.7. The molecule has 2 aromatic carbocycles. The predicted octanol–water partition coefficient (Wildman–Crippen LogP) is 2.92. The Morgan fingerprint density at radius 2 is 1.81 bits per heavy atom. The summed E-state index contributed by atoms with van der Waals surface area (Å²) in [5, 5.41) is 0. The fraction of sp³-hybridized carbons (Fsp3) is 0.250. The largest absolute Gasteiger partial charge is 0.323 e.